The number of halogens is 4. The molecule has 0 aromatic carbocycles. The zero-order valence-electron chi connectivity index (χ0n) is 9.04. The molecule has 1 aromatic heterocycles. The Morgan fingerprint density at radius 3 is 2.65 bits per heavy atom. The van der Waals surface area contributed by atoms with E-state index in [4.69, 9.17) is 11.6 Å². The summed E-state index contributed by atoms with van der Waals surface area (Å²) in [4.78, 5) is 5.82. The average Bonchev–Trinajstić information content (AvgIpc) is 2.76. The zero-order chi connectivity index (χ0) is 12.5. The molecule has 0 saturated carbocycles. The van der Waals surface area contributed by atoms with E-state index in [2.05, 4.69) is 4.98 Å². The van der Waals surface area contributed by atoms with E-state index in [1.807, 2.05) is 4.90 Å². The van der Waals surface area contributed by atoms with Crippen LogP contribution in [-0.4, -0.2) is 24.0 Å². The van der Waals surface area contributed by atoms with Crippen molar-refractivity contribution in [1.82, 2.24) is 4.98 Å². The van der Waals surface area contributed by atoms with Crippen molar-refractivity contribution in [3.8, 4) is 0 Å². The van der Waals surface area contributed by atoms with Gasteiger partial charge in [0.2, 0.25) is 0 Å². The Hall–Kier alpha value is -0.970. The standard InChI is InChI=1S/C11H12ClF3N2/c12-5-8-3-4-17(7-8)10-2-1-9(6-16-10)11(13,14)15/h1-2,6,8H,3-5,7H2. The fourth-order valence-corrected chi connectivity index (χ4v) is 2.16. The molecule has 0 N–H and O–H groups in total. The summed E-state index contributed by atoms with van der Waals surface area (Å²) in [6.45, 7) is 1.57. The van der Waals surface area contributed by atoms with Crippen molar-refractivity contribution >= 4 is 17.4 Å². The lowest BCUT2D eigenvalue weighted by Crippen LogP contribution is -2.21. The average molecular weight is 265 g/mol. The van der Waals surface area contributed by atoms with E-state index in [1.165, 1.54) is 6.07 Å². The number of hydrogen-bond acceptors (Lipinski definition) is 2. The summed E-state index contributed by atoms with van der Waals surface area (Å²) < 4.78 is 37.0. The summed E-state index contributed by atoms with van der Waals surface area (Å²) in [5.41, 5.74) is -0.714. The van der Waals surface area contributed by atoms with Crippen LogP contribution in [0.2, 0.25) is 0 Å². The lowest BCUT2D eigenvalue weighted by Gasteiger charge is -2.17. The van der Waals surface area contributed by atoms with Gasteiger partial charge in [-0.05, 0) is 24.5 Å². The maximum Gasteiger partial charge on any atom is 0.417 e. The van der Waals surface area contributed by atoms with Gasteiger partial charge in [0.15, 0.2) is 0 Å². The SMILES string of the molecule is FC(F)(F)c1ccc(N2CCC(CCl)C2)nc1. The van der Waals surface area contributed by atoms with Gasteiger partial charge in [-0.3, -0.25) is 0 Å². The number of nitrogens with zero attached hydrogens (tertiary/aromatic N) is 2. The van der Waals surface area contributed by atoms with Crippen LogP contribution in [0.25, 0.3) is 0 Å². The lowest BCUT2D eigenvalue weighted by molar-refractivity contribution is -0.137. The van der Waals surface area contributed by atoms with Crippen LogP contribution in [-0.2, 0) is 6.18 Å². The van der Waals surface area contributed by atoms with Crippen molar-refractivity contribution in [3.05, 3.63) is 23.9 Å². The fourth-order valence-electron chi connectivity index (χ4n) is 1.91. The Morgan fingerprint density at radius 1 is 1.41 bits per heavy atom. The maximum absolute atomic E-state index is 12.3. The van der Waals surface area contributed by atoms with Crippen LogP contribution < -0.4 is 4.90 Å². The van der Waals surface area contributed by atoms with E-state index in [0.717, 1.165) is 31.8 Å². The molecule has 17 heavy (non-hydrogen) atoms. The van der Waals surface area contributed by atoms with Gasteiger partial charge in [-0.15, -0.1) is 11.6 Å². The number of aromatic nitrogens is 1. The molecule has 1 aliphatic heterocycles. The van der Waals surface area contributed by atoms with E-state index in [0.29, 0.717) is 17.6 Å². The Morgan fingerprint density at radius 2 is 2.18 bits per heavy atom. The second kappa shape index (κ2) is 4.72. The minimum absolute atomic E-state index is 0.403. The second-order valence-corrected chi connectivity index (χ2v) is 4.47. The number of pyridine rings is 1. The first-order valence-electron chi connectivity index (χ1n) is 5.35. The van der Waals surface area contributed by atoms with Crippen LogP contribution in [0.4, 0.5) is 19.0 Å². The molecule has 6 heteroatoms. The van der Waals surface area contributed by atoms with Gasteiger partial charge in [0.05, 0.1) is 5.56 Å². The van der Waals surface area contributed by atoms with Gasteiger partial charge in [0.25, 0.3) is 0 Å². The number of anilines is 1. The highest BCUT2D eigenvalue weighted by atomic mass is 35.5. The van der Waals surface area contributed by atoms with Crippen molar-refractivity contribution in [1.29, 1.82) is 0 Å². The third kappa shape index (κ3) is 2.83. The normalized spacial score (nSPS) is 20.9. The van der Waals surface area contributed by atoms with E-state index in [-0.39, 0.29) is 0 Å². The largest absolute Gasteiger partial charge is 0.417 e. The molecule has 1 aliphatic rings. The third-order valence-electron chi connectivity index (χ3n) is 2.90. The molecule has 94 valence electrons. The van der Waals surface area contributed by atoms with Crippen molar-refractivity contribution in [2.24, 2.45) is 5.92 Å². The molecule has 0 bridgehead atoms. The van der Waals surface area contributed by atoms with Crippen molar-refractivity contribution in [3.63, 3.8) is 0 Å². The quantitative estimate of drug-likeness (QED) is 0.763. The van der Waals surface area contributed by atoms with Gasteiger partial charge >= 0.3 is 6.18 Å². The summed E-state index contributed by atoms with van der Waals surface area (Å²) in [6.07, 6.45) is -2.48. The molecule has 0 aliphatic carbocycles. The van der Waals surface area contributed by atoms with E-state index < -0.39 is 11.7 Å². The second-order valence-electron chi connectivity index (χ2n) is 4.16. The Bertz CT molecular complexity index is 377. The number of alkyl halides is 4. The van der Waals surface area contributed by atoms with E-state index in [1.54, 1.807) is 0 Å². The highest BCUT2D eigenvalue weighted by Gasteiger charge is 2.31. The van der Waals surface area contributed by atoms with Gasteiger partial charge in [-0.1, -0.05) is 0 Å². The van der Waals surface area contributed by atoms with Crippen molar-refractivity contribution < 1.29 is 13.2 Å². The molecule has 1 fully saturated rings. The van der Waals surface area contributed by atoms with Crippen LogP contribution in [0.5, 0.6) is 0 Å². The summed E-state index contributed by atoms with van der Waals surface area (Å²) in [5, 5.41) is 0. The number of hydrogen-bond donors (Lipinski definition) is 0. The van der Waals surface area contributed by atoms with Gasteiger partial charge in [-0.2, -0.15) is 13.2 Å². The Labute approximate surface area is 102 Å². The molecule has 2 rings (SSSR count). The highest BCUT2D eigenvalue weighted by molar-refractivity contribution is 6.18. The molecule has 1 aromatic rings. The molecule has 2 nitrogen and oxygen atoms in total. The predicted octanol–water partition coefficient (Wildman–Crippen LogP) is 3.17. The van der Waals surface area contributed by atoms with Gasteiger partial charge in [0.1, 0.15) is 5.82 Å². The van der Waals surface area contributed by atoms with Gasteiger partial charge in [-0.25, -0.2) is 4.98 Å². The molecular weight excluding hydrogens is 253 g/mol. The topological polar surface area (TPSA) is 16.1 Å². The van der Waals surface area contributed by atoms with Gasteiger partial charge < -0.3 is 4.90 Å². The molecule has 0 spiro atoms. The lowest BCUT2D eigenvalue weighted by atomic mass is 10.2. The molecule has 1 atom stereocenters. The molecule has 2 heterocycles. The van der Waals surface area contributed by atoms with Crippen molar-refractivity contribution in [2.75, 3.05) is 23.9 Å². The summed E-state index contributed by atoms with van der Waals surface area (Å²) >= 11 is 5.75. The van der Waals surface area contributed by atoms with E-state index >= 15 is 0 Å². The smallest absolute Gasteiger partial charge is 0.356 e. The first kappa shape index (κ1) is 12.5. The molecule has 1 saturated heterocycles. The van der Waals surface area contributed by atoms with Crippen LogP contribution in [0, 0.1) is 5.92 Å². The van der Waals surface area contributed by atoms with Gasteiger partial charge in [0, 0.05) is 25.2 Å². The minimum atomic E-state index is -4.32. The van der Waals surface area contributed by atoms with Crippen LogP contribution >= 0.6 is 11.6 Å². The Balaban J connectivity index is 2.09. The van der Waals surface area contributed by atoms with Crippen LogP contribution in [0.1, 0.15) is 12.0 Å². The summed E-state index contributed by atoms with van der Waals surface area (Å²) in [6, 6.07) is 2.48. The summed E-state index contributed by atoms with van der Waals surface area (Å²) in [7, 11) is 0. The zero-order valence-corrected chi connectivity index (χ0v) is 9.80. The Kier molecular flexibility index (Phi) is 3.47. The first-order chi connectivity index (χ1) is 8.00. The minimum Gasteiger partial charge on any atom is -0.356 e. The highest BCUT2D eigenvalue weighted by Crippen LogP contribution is 2.30. The number of rotatable bonds is 2. The van der Waals surface area contributed by atoms with Crippen molar-refractivity contribution in [2.45, 2.75) is 12.6 Å². The molecule has 0 radical (unpaired) electrons. The predicted molar refractivity (Wildman–Crippen MR) is 60.3 cm³/mol. The molecular formula is C11H12ClF3N2. The molecule has 0 amide bonds. The monoisotopic (exact) mass is 264 g/mol. The first-order valence-corrected chi connectivity index (χ1v) is 5.88. The van der Waals surface area contributed by atoms with Crippen LogP contribution in [0.3, 0.4) is 0 Å². The van der Waals surface area contributed by atoms with Crippen LogP contribution in [0.15, 0.2) is 18.3 Å². The summed E-state index contributed by atoms with van der Waals surface area (Å²) in [5.74, 6) is 1.57. The van der Waals surface area contributed by atoms with E-state index in [9.17, 15) is 13.2 Å². The maximum atomic E-state index is 12.3. The third-order valence-corrected chi connectivity index (χ3v) is 3.34. The molecule has 1 unspecified atom stereocenters. The fraction of sp³-hybridized carbons (Fsp3) is 0.545.